The highest BCUT2D eigenvalue weighted by molar-refractivity contribution is 9.10. The fourth-order valence-electron chi connectivity index (χ4n) is 1.98. The summed E-state index contributed by atoms with van der Waals surface area (Å²) in [5, 5.41) is 2.90. The Balaban J connectivity index is 2.51. The molecule has 1 atom stereocenters. The lowest BCUT2D eigenvalue weighted by Crippen LogP contribution is -2.41. The van der Waals surface area contributed by atoms with E-state index in [0.29, 0.717) is 13.0 Å². The van der Waals surface area contributed by atoms with Crippen molar-refractivity contribution in [3.05, 3.63) is 34.3 Å². The average Bonchev–Trinajstić information content (AvgIpc) is 2.44. The first-order valence-electron chi connectivity index (χ1n) is 6.98. The second kappa shape index (κ2) is 9.10. The molecule has 1 amide bonds. The zero-order valence-electron chi connectivity index (χ0n) is 12.2. The molecule has 0 aliphatic rings. The first-order valence-corrected chi connectivity index (χ1v) is 7.77. The summed E-state index contributed by atoms with van der Waals surface area (Å²) in [7, 11) is 2.01. The molecule has 1 aromatic carbocycles. The highest BCUT2D eigenvalue weighted by Gasteiger charge is 2.17. The van der Waals surface area contributed by atoms with E-state index in [1.807, 2.05) is 26.1 Å². The van der Waals surface area contributed by atoms with E-state index < -0.39 is 0 Å². The largest absolute Gasteiger partial charge is 0.356 e. The van der Waals surface area contributed by atoms with Crippen LogP contribution in [0, 0.1) is 0 Å². The van der Waals surface area contributed by atoms with Crippen molar-refractivity contribution >= 4 is 21.8 Å². The maximum atomic E-state index is 11.8. The smallest absolute Gasteiger partial charge is 0.221 e. The number of hydrogen-bond donors (Lipinski definition) is 2. The van der Waals surface area contributed by atoms with Crippen LogP contribution in [0.15, 0.2) is 28.7 Å². The number of amides is 1. The van der Waals surface area contributed by atoms with Gasteiger partial charge in [-0.1, -0.05) is 35.0 Å². The number of carbonyl (C=O) groups excluding carboxylic acids is 1. The topological polar surface area (TPSA) is 58.4 Å². The summed E-state index contributed by atoms with van der Waals surface area (Å²) in [5.41, 5.74) is 7.01. The van der Waals surface area contributed by atoms with Crippen LogP contribution in [-0.2, 0) is 11.3 Å². The lowest BCUT2D eigenvalue weighted by molar-refractivity contribution is -0.122. The molecule has 0 spiro atoms. The molecule has 0 aromatic heterocycles. The van der Waals surface area contributed by atoms with Crippen molar-refractivity contribution in [1.82, 2.24) is 10.2 Å². The van der Waals surface area contributed by atoms with E-state index in [1.165, 1.54) is 5.56 Å². The van der Waals surface area contributed by atoms with Gasteiger partial charge in [0, 0.05) is 36.6 Å². The van der Waals surface area contributed by atoms with Crippen LogP contribution < -0.4 is 11.1 Å². The van der Waals surface area contributed by atoms with Crippen molar-refractivity contribution < 1.29 is 4.79 Å². The fraction of sp³-hybridized carbons (Fsp3) is 0.533. The van der Waals surface area contributed by atoms with E-state index in [-0.39, 0.29) is 11.9 Å². The molecule has 0 bridgehead atoms. The van der Waals surface area contributed by atoms with E-state index >= 15 is 0 Å². The predicted octanol–water partition coefficient (Wildman–Crippen LogP) is 2.12. The Hall–Kier alpha value is -0.910. The van der Waals surface area contributed by atoms with Gasteiger partial charge < -0.3 is 11.1 Å². The molecule has 0 saturated carbocycles. The molecular weight excluding hydrogens is 318 g/mol. The quantitative estimate of drug-likeness (QED) is 0.761. The van der Waals surface area contributed by atoms with Crippen molar-refractivity contribution in [3.63, 3.8) is 0 Å². The molecule has 0 aliphatic heterocycles. The normalized spacial score (nSPS) is 12.4. The molecule has 0 aliphatic carbocycles. The van der Waals surface area contributed by atoms with Crippen molar-refractivity contribution in [3.8, 4) is 0 Å². The maximum Gasteiger partial charge on any atom is 0.221 e. The number of carbonyl (C=O) groups is 1. The van der Waals surface area contributed by atoms with Gasteiger partial charge in [0.25, 0.3) is 0 Å². The molecule has 0 fully saturated rings. The fourth-order valence-corrected chi connectivity index (χ4v) is 2.24. The minimum Gasteiger partial charge on any atom is -0.356 e. The summed E-state index contributed by atoms with van der Waals surface area (Å²) in [5.74, 6) is 0.0740. The highest BCUT2D eigenvalue weighted by Crippen LogP contribution is 2.13. The van der Waals surface area contributed by atoms with Crippen molar-refractivity contribution in [2.45, 2.75) is 32.4 Å². The van der Waals surface area contributed by atoms with Crippen LogP contribution in [0.3, 0.4) is 0 Å². The molecule has 1 rings (SSSR count). The summed E-state index contributed by atoms with van der Waals surface area (Å²) < 4.78 is 1.07. The Morgan fingerprint density at radius 3 is 2.60 bits per heavy atom. The van der Waals surface area contributed by atoms with Gasteiger partial charge in [0.05, 0.1) is 0 Å². The molecule has 1 unspecified atom stereocenters. The SMILES string of the molecule is CCCNC(=O)CC(CN)N(C)Cc1ccc(Br)cc1. The first kappa shape index (κ1) is 17.1. The molecule has 0 saturated heterocycles. The van der Waals surface area contributed by atoms with E-state index in [9.17, 15) is 4.79 Å². The van der Waals surface area contributed by atoms with Gasteiger partial charge in [-0.3, -0.25) is 9.69 Å². The zero-order chi connectivity index (χ0) is 15.0. The monoisotopic (exact) mass is 341 g/mol. The Kier molecular flexibility index (Phi) is 7.80. The molecular formula is C15H24BrN3O. The second-order valence-electron chi connectivity index (χ2n) is 4.99. The predicted molar refractivity (Wildman–Crippen MR) is 86.4 cm³/mol. The Morgan fingerprint density at radius 2 is 2.05 bits per heavy atom. The lowest BCUT2D eigenvalue weighted by Gasteiger charge is -2.26. The van der Waals surface area contributed by atoms with Gasteiger partial charge in [0.1, 0.15) is 0 Å². The van der Waals surface area contributed by atoms with Crippen LogP contribution in [0.5, 0.6) is 0 Å². The first-order chi connectivity index (χ1) is 9.56. The molecule has 20 heavy (non-hydrogen) atoms. The number of benzene rings is 1. The van der Waals surface area contributed by atoms with Crippen LogP contribution >= 0.6 is 15.9 Å². The number of hydrogen-bond acceptors (Lipinski definition) is 3. The van der Waals surface area contributed by atoms with Gasteiger partial charge in [-0.2, -0.15) is 0 Å². The summed E-state index contributed by atoms with van der Waals surface area (Å²) in [6.07, 6.45) is 1.40. The molecule has 3 N–H and O–H groups in total. The zero-order valence-corrected chi connectivity index (χ0v) is 13.8. The standard InChI is InChI=1S/C15H24BrN3O/c1-3-8-18-15(20)9-14(10-17)19(2)11-12-4-6-13(16)7-5-12/h4-7,14H,3,8-11,17H2,1-2H3,(H,18,20). The lowest BCUT2D eigenvalue weighted by atomic mass is 10.1. The average molecular weight is 342 g/mol. The van der Waals surface area contributed by atoms with Gasteiger partial charge in [-0.25, -0.2) is 0 Å². The van der Waals surface area contributed by atoms with Crippen LogP contribution in [0.25, 0.3) is 0 Å². The minimum atomic E-state index is 0.0653. The number of halogens is 1. The maximum absolute atomic E-state index is 11.8. The van der Waals surface area contributed by atoms with Crippen molar-refractivity contribution in [1.29, 1.82) is 0 Å². The van der Waals surface area contributed by atoms with E-state index in [2.05, 4.69) is 38.3 Å². The third kappa shape index (κ3) is 6.03. The second-order valence-corrected chi connectivity index (χ2v) is 5.90. The van der Waals surface area contributed by atoms with Gasteiger partial charge in [-0.05, 0) is 31.2 Å². The van der Waals surface area contributed by atoms with Crippen molar-refractivity contribution in [2.75, 3.05) is 20.1 Å². The Labute approximate surface area is 129 Å². The molecule has 0 heterocycles. The van der Waals surface area contributed by atoms with Crippen LogP contribution in [0.4, 0.5) is 0 Å². The van der Waals surface area contributed by atoms with E-state index in [4.69, 9.17) is 5.73 Å². The van der Waals surface area contributed by atoms with E-state index in [1.54, 1.807) is 0 Å². The van der Waals surface area contributed by atoms with Gasteiger partial charge >= 0.3 is 0 Å². The number of nitrogens with two attached hydrogens (primary N) is 1. The number of nitrogens with one attached hydrogen (secondary N) is 1. The Bertz CT molecular complexity index is 408. The number of rotatable bonds is 8. The van der Waals surface area contributed by atoms with E-state index in [0.717, 1.165) is 24.0 Å². The van der Waals surface area contributed by atoms with Gasteiger partial charge in [-0.15, -0.1) is 0 Å². The molecule has 5 heteroatoms. The van der Waals surface area contributed by atoms with Crippen molar-refractivity contribution in [2.24, 2.45) is 5.73 Å². The van der Waals surface area contributed by atoms with Crippen LogP contribution in [0.2, 0.25) is 0 Å². The molecule has 1 aromatic rings. The number of nitrogens with zero attached hydrogens (tertiary/aromatic N) is 1. The summed E-state index contributed by atoms with van der Waals surface area (Å²) in [6, 6.07) is 8.26. The third-order valence-electron chi connectivity index (χ3n) is 3.23. The summed E-state index contributed by atoms with van der Waals surface area (Å²) in [4.78, 5) is 13.9. The third-order valence-corrected chi connectivity index (χ3v) is 3.76. The summed E-state index contributed by atoms with van der Waals surface area (Å²) in [6.45, 7) is 4.04. The minimum absolute atomic E-state index is 0.0653. The van der Waals surface area contributed by atoms with Crippen LogP contribution in [-0.4, -0.2) is 37.0 Å². The number of likely N-dealkylation sites (N-methyl/N-ethyl adjacent to an activating group) is 1. The molecule has 0 radical (unpaired) electrons. The van der Waals surface area contributed by atoms with Gasteiger partial charge in [0.15, 0.2) is 0 Å². The van der Waals surface area contributed by atoms with Gasteiger partial charge in [0.2, 0.25) is 5.91 Å². The summed E-state index contributed by atoms with van der Waals surface area (Å²) >= 11 is 3.42. The van der Waals surface area contributed by atoms with Crippen LogP contribution in [0.1, 0.15) is 25.3 Å². The Morgan fingerprint density at radius 1 is 1.40 bits per heavy atom. The molecule has 4 nitrogen and oxygen atoms in total. The highest BCUT2D eigenvalue weighted by atomic mass is 79.9. The molecule has 112 valence electrons.